The minimum atomic E-state index is -3.40. The van der Waals surface area contributed by atoms with Crippen molar-refractivity contribution in [3.63, 3.8) is 0 Å². The summed E-state index contributed by atoms with van der Waals surface area (Å²) in [6.07, 6.45) is 0.184. The van der Waals surface area contributed by atoms with Gasteiger partial charge in [0.05, 0.1) is 39.1 Å². The van der Waals surface area contributed by atoms with Crippen molar-refractivity contribution in [1.29, 1.82) is 0 Å². The van der Waals surface area contributed by atoms with Gasteiger partial charge in [-0.1, -0.05) is 0 Å². The van der Waals surface area contributed by atoms with Crippen LogP contribution in [0, 0.1) is 0 Å². The molecule has 1 N–H and O–H groups in total. The van der Waals surface area contributed by atoms with E-state index < -0.39 is 10.2 Å². The van der Waals surface area contributed by atoms with Crippen molar-refractivity contribution in [2.24, 2.45) is 0 Å². The summed E-state index contributed by atoms with van der Waals surface area (Å²) in [5.74, 6) is 0. The summed E-state index contributed by atoms with van der Waals surface area (Å²) in [5, 5.41) is 0. The van der Waals surface area contributed by atoms with Crippen molar-refractivity contribution < 1.29 is 22.6 Å². The summed E-state index contributed by atoms with van der Waals surface area (Å²) in [7, 11) is -3.40. The van der Waals surface area contributed by atoms with Gasteiger partial charge in [-0.2, -0.15) is 17.4 Å². The molecule has 0 atom stereocenters. The lowest BCUT2D eigenvalue weighted by molar-refractivity contribution is 0.0210. The van der Waals surface area contributed by atoms with E-state index in [0.717, 1.165) is 0 Å². The van der Waals surface area contributed by atoms with Gasteiger partial charge in [0.15, 0.2) is 0 Å². The number of hydrogen-bond donors (Lipinski definition) is 1. The van der Waals surface area contributed by atoms with Crippen molar-refractivity contribution in [2.75, 3.05) is 52.7 Å². The molecule has 0 spiro atoms. The lowest BCUT2D eigenvalue weighted by atomic mass is 10.5. The summed E-state index contributed by atoms with van der Waals surface area (Å²) < 4.78 is 43.3. The fourth-order valence-electron chi connectivity index (χ4n) is 1.57. The van der Waals surface area contributed by atoms with Gasteiger partial charge in [0.1, 0.15) is 0 Å². The Labute approximate surface area is 115 Å². The van der Waals surface area contributed by atoms with E-state index >= 15 is 0 Å². The zero-order chi connectivity index (χ0) is 14.1. The Bertz CT molecular complexity index is 328. The first kappa shape index (κ1) is 16.8. The molecule has 0 radical (unpaired) electrons. The summed E-state index contributed by atoms with van der Waals surface area (Å²) >= 11 is 0. The maximum atomic E-state index is 11.8. The zero-order valence-corrected chi connectivity index (χ0v) is 12.4. The Morgan fingerprint density at radius 3 is 2.53 bits per heavy atom. The first-order valence-electron chi connectivity index (χ1n) is 6.54. The molecule has 1 saturated heterocycles. The van der Waals surface area contributed by atoms with E-state index in [2.05, 4.69) is 4.72 Å². The van der Waals surface area contributed by atoms with Crippen molar-refractivity contribution in [2.45, 2.75) is 20.0 Å². The van der Waals surface area contributed by atoms with Crippen LogP contribution in [0.15, 0.2) is 0 Å². The van der Waals surface area contributed by atoms with E-state index in [0.29, 0.717) is 46.1 Å². The molecular weight excluding hydrogens is 272 g/mol. The highest BCUT2D eigenvalue weighted by molar-refractivity contribution is 7.87. The summed E-state index contributed by atoms with van der Waals surface area (Å²) in [6, 6.07) is 0. The van der Waals surface area contributed by atoms with Gasteiger partial charge in [0, 0.05) is 19.6 Å². The SMILES string of the molecule is CC(C)OCCOCCNS(=O)(=O)N1CCOCC1. The van der Waals surface area contributed by atoms with Gasteiger partial charge < -0.3 is 14.2 Å². The first-order chi connectivity index (χ1) is 9.02. The molecule has 0 aromatic carbocycles. The molecule has 0 aromatic heterocycles. The average molecular weight is 296 g/mol. The third-order valence-electron chi connectivity index (χ3n) is 2.52. The van der Waals surface area contributed by atoms with Gasteiger partial charge >= 0.3 is 0 Å². The minimum Gasteiger partial charge on any atom is -0.379 e. The Hall–Kier alpha value is -0.250. The van der Waals surface area contributed by atoms with Gasteiger partial charge in [0.2, 0.25) is 0 Å². The molecule has 0 aliphatic carbocycles. The normalized spacial score (nSPS) is 18.1. The van der Waals surface area contributed by atoms with Crippen LogP contribution in [0.2, 0.25) is 0 Å². The van der Waals surface area contributed by atoms with Crippen molar-refractivity contribution >= 4 is 10.2 Å². The van der Waals surface area contributed by atoms with E-state index in [1.165, 1.54) is 4.31 Å². The number of rotatable bonds is 9. The van der Waals surface area contributed by atoms with E-state index in [-0.39, 0.29) is 12.6 Å². The molecule has 1 rings (SSSR count). The molecule has 1 heterocycles. The van der Waals surface area contributed by atoms with Crippen molar-refractivity contribution in [3.05, 3.63) is 0 Å². The summed E-state index contributed by atoms with van der Waals surface area (Å²) in [5.41, 5.74) is 0. The second-order valence-corrected chi connectivity index (χ2v) is 6.20. The van der Waals surface area contributed by atoms with E-state index in [9.17, 15) is 8.42 Å². The fraction of sp³-hybridized carbons (Fsp3) is 1.00. The van der Waals surface area contributed by atoms with Crippen LogP contribution in [-0.2, 0) is 24.4 Å². The van der Waals surface area contributed by atoms with Gasteiger partial charge in [-0.15, -0.1) is 0 Å². The molecule has 19 heavy (non-hydrogen) atoms. The fourth-order valence-corrected chi connectivity index (χ4v) is 2.72. The van der Waals surface area contributed by atoms with E-state index in [1.54, 1.807) is 0 Å². The Kier molecular flexibility index (Phi) is 7.81. The second-order valence-electron chi connectivity index (χ2n) is 4.44. The molecule has 1 aliphatic rings. The van der Waals surface area contributed by atoms with Crippen LogP contribution in [0.25, 0.3) is 0 Å². The van der Waals surface area contributed by atoms with Crippen LogP contribution in [0.1, 0.15) is 13.8 Å². The largest absolute Gasteiger partial charge is 0.379 e. The van der Waals surface area contributed by atoms with Crippen molar-refractivity contribution in [3.8, 4) is 0 Å². The minimum absolute atomic E-state index is 0.184. The molecule has 7 nitrogen and oxygen atoms in total. The lowest BCUT2D eigenvalue weighted by Crippen LogP contribution is -2.47. The number of nitrogens with one attached hydrogen (secondary N) is 1. The van der Waals surface area contributed by atoms with Crippen molar-refractivity contribution in [1.82, 2.24) is 9.03 Å². The summed E-state index contributed by atoms with van der Waals surface area (Å²) in [6.45, 7) is 7.20. The quantitative estimate of drug-likeness (QED) is 0.586. The third kappa shape index (κ3) is 7.19. The molecule has 0 saturated carbocycles. The van der Waals surface area contributed by atoms with E-state index in [1.807, 2.05) is 13.8 Å². The number of nitrogens with zero attached hydrogens (tertiary/aromatic N) is 1. The first-order valence-corrected chi connectivity index (χ1v) is 7.98. The topological polar surface area (TPSA) is 77.1 Å². The van der Waals surface area contributed by atoms with Crippen LogP contribution in [0.3, 0.4) is 0 Å². The third-order valence-corrected chi connectivity index (χ3v) is 4.13. The molecule has 8 heteroatoms. The molecule has 0 amide bonds. The highest BCUT2D eigenvalue weighted by Crippen LogP contribution is 2.02. The van der Waals surface area contributed by atoms with Gasteiger partial charge in [-0.05, 0) is 13.8 Å². The lowest BCUT2D eigenvalue weighted by Gasteiger charge is -2.26. The van der Waals surface area contributed by atoms with Crippen LogP contribution in [0.4, 0.5) is 0 Å². The maximum absolute atomic E-state index is 11.8. The van der Waals surface area contributed by atoms with Crippen LogP contribution in [-0.4, -0.2) is 71.5 Å². The predicted molar refractivity (Wildman–Crippen MR) is 71.2 cm³/mol. The predicted octanol–water partition coefficient (Wildman–Crippen LogP) is -0.405. The molecule has 0 bridgehead atoms. The molecular formula is C11H24N2O5S. The Morgan fingerprint density at radius 2 is 1.89 bits per heavy atom. The number of hydrogen-bond acceptors (Lipinski definition) is 5. The smallest absolute Gasteiger partial charge is 0.279 e. The zero-order valence-electron chi connectivity index (χ0n) is 11.6. The van der Waals surface area contributed by atoms with Gasteiger partial charge in [-0.25, -0.2) is 0 Å². The average Bonchev–Trinajstić information content (AvgIpc) is 2.38. The van der Waals surface area contributed by atoms with Gasteiger partial charge in [-0.3, -0.25) is 0 Å². The molecule has 0 aromatic rings. The summed E-state index contributed by atoms with van der Waals surface area (Å²) in [4.78, 5) is 0. The highest BCUT2D eigenvalue weighted by atomic mass is 32.2. The van der Waals surface area contributed by atoms with Crippen LogP contribution in [0.5, 0.6) is 0 Å². The molecule has 114 valence electrons. The molecule has 0 unspecified atom stereocenters. The number of ether oxygens (including phenoxy) is 3. The highest BCUT2D eigenvalue weighted by Gasteiger charge is 2.23. The maximum Gasteiger partial charge on any atom is 0.279 e. The Balaban J connectivity index is 2.07. The number of morpholine rings is 1. The monoisotopic (exact) mass is 296 g/mol. The Morgan fingerprint density at radius 1 is 1.21 bits per heavy atom. The van der Waals surface area contributed by atoms with Crippen LogP contribution < -0.4 is 4.72 Å². The van der Waals surface area contributed by atoms with Gasteiger partial charge in [0.25, 0.3) is 10.2 Å². The molecule has 1 aliphatic heterocycles. The standard InChI is InChI=1S/C11H24N2O5S/c1-11(2)18-10-9-16-6-3-12-19(14,15)13-4-7-17-8-5-13/h11-12H,3-10H2,1-2H3. The second kappa shape index (κ2) is 8.83. The van der Waals surface area contributed by atoms with Crippen LogP contribution >= 0.6 is 0 Å². The van der Waals surface area contributed by atoms with E-state index in [4.69, 9.17) is 14.2 Å². The molecule has 1 fully saturated rings.